The second-order valence-electron chi connectivity index (χ2n) is 13.8. The SMILES string of the molecule is c1ccc(-c2ccc(N(c3ccc(-c4ccc5c(c4)c4ccccc4n5-c4ccccc4)cc3)c3ccc4c(c3)oc3c5ccccc5sc43)cc2)cc1. The average molecular weight is 709 g/mol. The number of anilines is 3. The van der Waals surface area contributed by atoms with Crippen LogP contribution in [0, 0.1) is 0 Å². The number of nitrogens with zero attached hydrogens (tertiary/aromatic N) is 2. The van der Waals surface area contributed by atoms with Gasteiger partial charge in [-0.2, -0.15) is 0 Å². The molecule has 8 aromatic carbocycles. The first kappa shape index (κ1) is 30.7. The van der Waals surface area contributed by atoms with Gasteiger partial charge in [0.25, 0.3) is 0 Å². The number of benzene rings is 8. The Labute approximate surface area is 316 Å². The van der Waals surface area contributed by atoms with Crippen LogP contribution in [0.3, 0.4) is 0 Å². The Bertz CT molecular complexity index is 3140. The summed E-state index contributed by atoms with van der Waals surface area (Å²) >= 11 is 1.80. The third-order valence-electron chi connectivity index (χ3n) is 10.6. The van der Waals surface area contributed by atoms with Crippen molar-refractivity contribution in [3.8, 4) is 27.9 Å². The van der Waals surface area contributed by atoms with Crippen LogP contribution in [0.15, 0.2) is 199 Å². The predicted octanol–water partition coefficient (Wildman–Crippen LogP) is 14.7. The summed E-state index contributed by atoms with van der Waals surface area (Å²) in [4.78, 5) is 2.32. The van der Waals surface area contributed by atoms with Gasteiger partial charge in [0.1, 0.15) is 5.58 Å². The molecule has 0 radical (unpaired) electrons. The molecule has 254 valence electrons. The van der Waals surface area contributed by atoms with Gasteiger partial charge >= 0.3 is 0 Å². The zero-order chi connectivity index (χ0) is 35.6. The van der Waals surface area contributed by atoms with E-state index in [-0.39, 0.29) is 0 Å². The Morgan fingerprint density at radius 3 is 1.74 bits per heavy atom. The highest BCUT2D eigenvalue weighted by Crippen LogP contribution is 2.44. The summed E-state index contributed by atoms with van der Waals surface area (Å²) in [5.74, 6) is 0. The molecule has 0 aliphatic rings. The van der Waals surface area contributed by atoms with Crippen LogP contribution in [0.2, 0.25) is 0 Å². The highest BCUT2D eigenvalue weighted by molar-refractivity contribution is 7.26. The fraction of sp³-hybridized carbons (Fsp3) is 0. The van der Waals surface area contributed by atoms with Gasteiger partial charge in [-0.1, -0.05) is 109 Å². The molecule has 0 fully saturated rings. The minimum absolute atomic E-state index is 0.894. The third kappa shape index (κ3) is 4.96. The molecule has 0 bridgehead atoms. The van der Waals surface area contributed by atoms with Gasteiger partial charge in [0.15, 0.2) is 5.58 Å². The number of hydrogen-bond donors (Lipinski definition) is 0. The number of aromatic nitrogens is 1. The van der Waals surface area contributed by atoms with Gasteiger partial charge in [0.05, 0.1) is 15.7 Å². The smallest absolute Gasteiger partial charge is 0.154 e. The molecule has 11 rings (SSSR count). The van der Waals surface area contributed by atoms with Crippen LogP contribution in [0.5, 0.6) is 0 Å². The summed E-state index contributed by atoms with van der Waals surface area (Å²) in [6, 6.07) is 69.6. The lowest BCUT2D eigenvalue weighted by Gasteiger charge is -2.26. The maximum absolute atomic E-state index is 6.60. The number of hydrogen-bond acceptors (Lipinski definition) is 3. The van der Waals surface area contributed by atoms with E-state index in [1.807, 2.05) is 0 Å². The fourth-order valence-electron chi connectivity index (χ4n) is 8.02. The van der Waals surface area contributed by atoms with Gasteiger partial charge in [-0.3, -0.25) is 0 Å². The van der Waals surface area contributed by atoms with Crippen molar-refractivity contribution in [3.05, 3.63) is 194 Å². The van der Waals surface area contributed by atoms with Crippen LogP contribution in [0.4, 0.5) is 17.1 Å². The first-order valence-electron chi connectivity index (χ1n) is 18.3. The van der Waals surface area contributed by atoms with E-state index in [0.717, 1.165) is 33.6 Å². The van der Waals surface area contributed by atoms with Crippen LogP contribution in [0.1, 0.15) is 0 Å². The lowest BCUT2D eigenvalue weighted by Crippen LogP contribution is -2.09. The normalized spacial score (nSPS) is 11.7. The van der Waals surface area contributed by atoms with E-state index < -0.39 is 0 Å². The molecule has 3 heterocycles. The second kappa shape index (κ2) is 12.4. The fourth-order valence-corrected chi connectivity index (χ4v) is 9.18. The molecule has 0 N–H and O–H groups in total. The monoisotopic (exact) mass is 708 g/mol. The summed E-state index contributed by atoms with van der Waals surface area (Å²) in [6.07, 6.45) is 0. The second-order valence-corrected chi connectivity index (χ2v) is 14.8. The van der Waals surface area contributed by atoms with E-state index in [1.54, 1.807) is 11.3 Å². The number of thiophene rings is 1. The zero-order valence-electron chi connectivity index (χ0n) is 29.2. The molecule has 0 atom stereocenters. The van der Waals surface area contributed by atoms with E-state index in [4.69, 9.17) is 4.42 Å². The van der Waals surface area contributed by atoms with Crippen molar-refractivity contribution in [1.29, 1.82) is 0 Å². The Hall–Kier alpha value is -6.88. The lowest BCUT2D eigenvalue weighted by atomic mass is 10.0. The standard InChI is InChI=1S/C50H32N2OS/c1-3-11-33(12-4-1)34-19-24-38(25-20-34)51(40-28-29-42-47(32-40)53-49-43-16-8-10-18-48(43)54-50(42)49)39-26-21-35(22-27-39)36-23-30-46-44(31-36)41-15-7-9-17-45(41)52(46)37-13-5-2-6-14-37/h1-32H. The van der Waals surface area contributed by atoms with Crippen LogP contribution >= 0.6 is 11.3 Å². The van der Waals surface area contributed by atoms with Crippen LogP contribution < -0.4 is 4.90 Å². The molecule has 0 unspecified atom stereocenters. The highest BCUT2D eigenvalue weighted by atomic mass is 32.1. The first-order valence-corrected chi connectivity index (χ1v) is 19.1. The number of fused-ring (bicyclic) bond motifs is 8. The van der Waals surface area contributed by atoms with Gasteiger partial charge in [0.2, 0.25) is 0 Å². The van der Waals surface area contributed by atoms with Crippen molar-refractivity contribution in [2.45, 2.75) is 0 Å². The topological polar surface area (TPSA) is 21.3 Å². The van der Waals surface area contributed by atoms with Crippen molar-refractivity contribution in [2.75, 3.05) is 4.90 Å². The van der Waals surface area contributed by atoms with Crippen LogP contribution in [0.25, 0.3) is 81.1 Å². The van der Waals surface area contributed by atoms with E-state index >= 15 is 0 Å². The average Bonchev–Trinajstić information content (AvgIpc) is 3.90. The molecule has 11 aromatic rings. The maximum Gasteiger partial charge on any atom is 0.154 e. The Kier molecular flexibility index (Phi) is 7.04. The first-order chi connectivity index (χ1) is 26.8. The Balaban J connectivity index is 1.01. The number of furan rings is 1. The largest absolute Gasteiger partial charge is 0.454 e. The van der Waals surface area contributed by atoms with Crippen molar-refractivity contribution in [2.24, 2.45) is 0 Å². The molecular formula is C50H32N2OS. The van der Waals surface area contributed by atoms with Crippen molar-refractivity contribution in [1.82, 2.24) is 4.57 Å². The molecule has 3 aromatic heterocycles. The van der Waals surface area contributed by atoms with E-state index in [0.29, 0.717) is 0 Å². The maximum atomic E-state index is 6.60. The van der Waals surface area contributed by atoms with E-state index in [2.05, 4.69) is 204 Å². The summed E-state index contributed by atoms with van der Waals surface area (Å²) < 4.78 is 11.4. The quantitative estimate of drug-likeness (QED) is 0.171. The molecule has 0 aliphatic carbocycles. The molecule has 0 spiro atoms. The molecule has 3 nitrogen and oxygen atoms in total. The minimum Gasteiger partial charge on any atom is -0.454 e. The third-order valence-corrected chi connectivity index (χ3v) is 11.8. The highest BCUT2D eigenvalue weighted by Gasteiger charge is 2.19. The molecular weight excluding hydrogens is 677 g/mol. The van der Waals surface area contributed by atoms with Crippen molar-refractivity contribution < 1.29 is 4.42 Å². The van der Waals surface area contributed by atoms with Crippen molar-refractivity contribution in [3.63, 3.8) is 0 Å². The number of para-hydroxylation sites is 2. The summed E-state index contributed by atoms with van der Waals surface area (Å²) in [5, 5.41) is 4.81. The molecule has 0 saturated heterocycles. The van der Waals surface area contributed by atoms with Crippen molar-refractivity contribution >= 4 is 81.5 Å². The summed E-state index contributed by atoms with van der Waals surface area (Å²) in [7, 11) is 0. The Morgan fingerprint density at radius 2 is 0.981 bits per heavy atom. The number of rotatable bonds is 6. The summed E-state index contributed by atoms with van der Waals surface area (Å²) in [6.45, 7) is 0. The van der Waals surface area contributed by atoms with Gasteiger partial charge in [-0.15, -0.1) is 11.3 Å². The predicted molar refractivity (Wildman–Crippen MR) is 229 cm³/mol. The zero-order valence-corrected chi connectivity index (χ0v) is 30.0. The van der Waals surface area contributed by atoms with Gasteiger partial charge in [-0.25, -0.2) is 0 Å². The van der Waals surface area contributed by atoms with E-state index in [1.165, 1.54) is 64.5 Å². The molecule has 0 aliphatic heterocycles. The van der Waals surface area contributed by atoms with Gasteiger partial charge in [0, 0.05) is 55.1 Å². The van der Waals surface area contributed by atoms with E-state index in [9.17, 15) is 0 Å². The van der Waals surface area contributed by atoms with Crippen LogP contribution in [-0.2, 0) is 0 Å². The Morgan fingerprint density at radius 1 is 0.407 bits per heavy atom. The van der Waals surface area contributed by atoms with Gasteiger partial charge in [-0.05, 0) is 101 Å². The lowest BCUT2D eigenvalue weighted by molar-refractivity contribution is 0.673. The molecule has 54 heavy (non-hydrogen) atoms. The van der Waals surface area contributed by atoms with Crippen LogP contribution in [-0.4, -0.2) is 4.57 Å². The molecule has 0 saturated carbocycles. The van der Waals surface area contributed by atoms with Gasteiger partial charge < -0.3 is 13.9 Å². The summed E-state index contributed by atoms with van der Waals surface area (Å²) in [5.41, 5.74) is 13.4. The molecule has 0 amide bonds. The molecule has 4 heteroatoms. The minimum atomic E-state index is 0.894.